The summed E-state index contributed by atoms with van der Waals surface area (Å²) in [7, 11) is 1.80. The second-order valence-corrected chi connectivity index (χ2v) is 5.60. The normalized spacial score (nSPS) is 16.9. The lowest BCUT2D eigenvalue weighted by Gasteiger charge is -2.22. The minimum Gasteiger partial charge on any atom is -0.446 e. The fraction of sp³-hybridized carbons (Fsp3) is 0.538. The maximum absolute atomic E-state index is 11.5. The molecule has 6 nitrogen and oxygen atoms in total. The number of carbonyl (C=O) groups excluding carboxylic acids is 1. The first-order valence-corrected chi connectivity index (χ1v) is 7.29. The Kier molecular flexibility index (Phi) is 4.82. The lowest BCUT2D eigenvalue weighted by atomic mass is 9.94. The molecule has 1 aliphatic rings. The second kappa shape index (κ2) is 6.59. The fourth-order valence-corrected chi connectivity index (χ4v) is 3.52. The summed E-state index contributed by atoms with van der Waals surface area (Å²) in [4.78, 5) is 12.6. The number of anilines is 1. The Morgan fingerprint density at radius 2 is 2.45 bits per heavy atom. The molecule has 0 spiro atoms. The molecular formula is C13H17N3O3S. The first kappa shape index (κ1) is 14.6. The van der Waals surface area contributed by atoms with Gasteiger partial charge in [-0.2, -0.15) is 5.26 Å². The molecule has 1 atom stereocenters. The van der Waals surface area contributed by atoms with Gasteiger partial charge in [-0.25, -0.2) is 4.79 Å². The standard InChI is InChI=1S/C13H17N3O3S/c1-15-12-10(7-14)9-3-2-8(6-11(9)20-12)19-13(18)16-4-5-17/h8,15,17H,2-6H2,1H3,(H,16,18). The number of thiophene rings is 1. The Labute approximate surface area is 121 Å². The van der Waals surface area contributed by atoms with Crippen LogP contribution in [0.4, 0.5) is 9.80 Å². The molecule has 0 radical (unpaired) electrons. The average molecular weight is 295 g/mol. The monoisotopic (exact) mass is 295 g/mol. The van der Waals surface area contributed by atoms with Gasteiger partial charge in [0.15, 0.2) is 0 Å². The van der Waals surface area contributed by atoms with E-state index in [2.05, 4.69) is 16.7 Å². The highest BCUT2D eigenvalue weighted by Crippen LogP contribution is 2.37. The van der Waals surface area contributed by atoms with Crippen LogP contribution in [0.2, 0.25) is 0 Å². The maximum Gasteiger partial charge on any atom is 0.407 e. The van der Waals surface area contributed by atoms with Gasteiger partial charge in [-0.1, -0.05) is 0 Å². The third-order valence-electron chi connectivity index (χ3n) is 3.21. The fourth-order valence-electron chi connectivity index (χ4n) is 2.30. The van der Waals surface area contributed by atoms with Crippen LogP contribution < -0.4 is 10.6 Å². The first-order chi connectivity index (χ1) is 9.69. The number of aliphatic hydroxyl groups is 1. The van der Waals surface area contributed by atoms with Crippen LogP contribution >= 0.6 is 11.3 Å². The molecule has 0 saturated carbocycles. The Hall–Kier alpha value is -1.78. The largest absolute Gasteiger partial charge is 0.446 e. The van der Waals surface area contributed by atoms with Crippen LogP contribution in [0.15, 0.2) is 0 Å². The van der Waals surface area contributed by atoms with E-state index in [1.807, 2.05) is 0 Å². The molecule has 1 unspecified atom stereocenters. The lowest BCUT2D eigenvalue weighted by molar-refractivity contribution is 0.0887. The van der Waals surface area contributed by atoms with Crippen molar-refractivity contribution < 1.29 is 14.6 Å². The summed E-state index contributed by atoms with van der Waals surface area (Å²) in [5.74, 6) is 0. The van der Waals surface area contributed by atoms with Gasteiger partial charge in [0, 0.05) is 24.9 Å². The summed E-state index contributed by atoms with van der Waals surface area (Å²) in [5, 5.41) is 24.2. The van der Waals surface area contributed by atoms with Gasteiger partial charge < -0.3 is 20.5 Å². The number of fused-ring (bicyclic) bond motifs is 1. The van der Waals surface area contributed by atoms with E-state index in [1.54, 1.807) is 18.4 Å². The molecule has 0 bridgehead atoms. The van der Waals surface area contributed by atoms with E-state index in [0.717, 1.165) is 27.4 Å². The zero-order valence-electron chi connectivity index (χ0n) is 11.2. The van der Waals surface area contributed by atoms with Crippen molar-refractivity contribution in [3.05, 3.63) is 16.0 Å². The maximum atomic E-state index is 11.5. The highest BCUT2D eigenvalue weighted by molar-refractivity contribution is 7.16. The van der Waals surface area contributed by atoms with Gasteiger partial charge in [-0.3, -0.25) is 0 Å². The van der Waals surface area contributed by atoms with E-state index in [1.165, 1.54) is 0 Å². The van der Waals surface area contributed by atoms with Crippen molar-refractivity contribution in [3.8, 4) is 6.07 Å². The van der Waals surface area contributed by atoms with Crippen LogP contribution in [-0.2, 0) is 17.6 Å². The van der Waals surface area contributed by atoms with Crippen LogP contribution in [0.1, 0.15) is 22.4 Å². The average Bonchev–Trinajstić information content (AvgIpc) is 2.81. The summed E-state index contributed by atoms with van der Waals surface area (Å²) < 4.78 is 5.31. The van der Waals surface area contributed by atoms with Crippen molar-refractivity contribution in [2.24, 2.45) is 0 Å². The van der Waals surface area contributed by atoms with E-state index in [-0.39, 0.29) is 19.3 Å². The molecule has 0 saturated heterocycles. The molecule has 1 amide bonds. The van der Waals surface area contributed by atoms with Crippen LogP contribution in [-0.4, -0.2) is 37.5 Å². The highest BCUT2D eigenvalue weighted by atomic mass is 32.1. The number of amides is 1. The van der Waals surface area contributed by atoms with Gasteiger partial charge in [0.1, 0.15) is 17.2 Å². The van der Waals surface area contributed by atoms with Crippen molar-refractivity contribution in [1.82, 2.24) is 5.32 Å². The second-order valence-electron chi connectivity index (χ2n) is 4.49. The van der Waals surface area contributed by atoms with Gasteiger partial charge in [0.05, 0.1) is 12.2 Å². The molecule has 2 rings (SSSR count). The predicted molar refractivity (Wildman–Crippen MR) is 76.0 cm³/mol. The van der Waals surface area contributed by atoms with Crippen LogP contribution in [0.5, 0.6) is 0 Å². The van der Waals surface area contributed by atoms with Gasteiger partial charge in [-0.15, -0.1) is 11.3 Å². The van der Waals surface area contributed by atoms with Crippen LogP contribution in [0.25, 0.3) is 0 Å². The highest BCUT2D eigenvalue weighted by Gasteiger charge is 2.27. The molecule has 3 N–H and O–H groups in total. The molecule has 7 heteroatoms. The van der Waals surface area contributed by atoms with Gasteiger partial charge in [-0.05, 0) is 18.4 Å². The zero-order chi connectivity index (χ0) is 14.5. The molecule has 1 heterocycles. The summed E-state index contributed by atoms with van der Waals surface area (Å²) in [6.07, 6.45) is 1.43. The van der Waals surface area contributed by atoms with Crippen molar-refractivity contribution in [1.29, 1.82) is 5.26 Å². The van der Waals surface area contributed by atoms with E-state index in [9.17, 15) is 10.1 Å². The van der Waals surface area contributed by atoms with Crippen molar-refractivity contribution in [3.63, 3.8) is 0 Å². The number of hydrogen-bond acceptors (Lipinski definition) is 6. The quantitative estimate of drug-likeness (QED) is 0.777. The third kappa shape index (κ3) is 3.03. The van der Waals surface area contributed by atoms with E-state index in [0.29, 0.717) is 12.8 Å². The predicted octanol–water partition coefficient (Wildman–Crippen LogP) is 1.24. The number of carbonyl (C=O) groups is 1. The number of hydrogen-bond donors (Lipinski definition) is 3. The molecule has 1 aliphatic carbocycles. The first-order valence-electron chi connectivity index (χ1n) is 6.47. The SMILES string of the molecule is CNc1sc2c(c1C#N)CCC(OC(=O)NCCO)C2. The third-order valence-corrected chi connectivity index (χ3v) is 4.49. The van der Waals surface area contributed by atoms with Crippen molar-refractivity contribution in [2.45, 2.75) is 25.4 Å². The number of nitrogens with zero attached hydrogens (tertiary/aromatic N) is 1. The summed E-state index contributed by atoms with van der Waals surface area (Å²) in [5.41, 5.74) is 1.80. The minimum atomic E-state index is -0.501. The lowest BCUT2D eigenvalue weighted by Crippen LogP contribution is -2.33. The number of rotatable bonds is 4. The smallest absolute Gasteiger partial charge is 0.407 e. The van der Waals surface area contributed by atoms with Gasteiger partial charge in [0.2, 0.25) is 0 Å². The zero-order valence-corrected chi connectivity index (χ0v) is 12.0. The molecule has 1 aromatic rings. The number of nitrogens with one attached hydrogen (secondary N) is 2. The molecule has 0 fully saturated rings. The summed E-state index contributed by atoms with van der Waals surface area (Å²) >= 11 is 1.55. The molecular weight excluding hydrogens is 278 g/mol. The van der Waals surface area contributed by atoms with Crippen molar-refractivity contribution in [2.75, 3.05) is 25.5 Å². The molecule has 0 aromatic carbocycles. The van der Waals surface area contributed by atoms with E-state index in [4.69, 9.17) is 9.84 Å². The number of nitriles is 1. The molecule has 108 valence electrons. The summed E-state index contributed by atoms with van der Waals surface area (Å²) in [6.45, 7) is 0.0875. The molecule has 20 heavy (non-hydrogen) atoms. The molecule has 1 aromatic heterocycles. The van der Waals surface area contributed by atoms with E-state index < -0.39 is 6.09 Å². The Morgan fingerprint density at radius 1 is 1.65 bits per heavy atom. The summed E-state index contributed by atoms with van der Waals surface area (Å²) in [6, 6.07) is 2.24. The minimum absolute atomic E-state index is 0.105. The van der Waals surface area contributed by atoms with Crippen LogP contribution in [0, 0.1) is 11.3 Å². The van der Waals surface area contributed by atoms with Crippen molar-refractivity contribution >= 4 is 22.4 Å². The Bertz CT molecular complexity index is 536. The number of alkyl carbamates (subject to hydrolysis) is 1. The number of ether oxygens (including phenoxy) is 1. The topological polar surface area (TPSA) is 94.4 Å². The van der Waals surface area contributed by atoms with Gasteiger partial charge in [0.25, 0.3) is 0 Å². The van der Waals surface area contributed by atoms with Gasteiger partial charge >= 0.3 is 6.09 Å². The molecule has 0 aliphatic heterocycles. The van der Waals surface area contributed by atoms with E-state index >= 15 is 0 Å². The van der Waals surface area contributed by atoms with Crippen LogP contribution in [0.3, 0.4) is 0 Å². The Morgan fingerprint density at radius 3 is 3.10 bits per heavy atom. The Balaban J connectivity index is 2.03. The number of aliphatic hydroxyl groups excluding tert-OH is 1.